The number of carbonyl (C=O) groups excluding carboxylic acids is 1. The van der Waals surface area contributed by atoms with Gasteiger partial charge in [0.1, 0.15) is 18.2 Å². The lowest BCUT2D eigenvalue weighted by atomic mass is 10.00. The Labute approximate surface area is 166 Å². The van der Waals surface area contributed by atoms with E-state index in [1.54, 1.807) is 23.6 Å². The summed E-state index contributed by atoms with van der Waals surface area (Å²) in [5.74, 6) is 1.61. The minimum Gasteiger partial charge on any atom is -0.477 e. The highest BCUT2D eigenvalue weighted by Gasteiger charge is 2.33. The first-order chi connectivity index (χ1) is 13.7. The average molecular weight is 390 g/mol. The van der Waals surface area contributed by atoms with Crippen molar-refractivity contribution >= 4 is 23.2 Å². The number of ether oxygens (including phenoxy) is 2. The number of thiophene rings is 1. The zero-order valence-electron chi connectivity index (χ0n) is 15.3. The normalized spacial score (nSPS) is 17.2. The molecule has 5 nitrogen and oxygen atoms in total. The molecule has 140 valence electrons. The van der Waals surface area contributed by atoms with E-state index in [4.69, 9.17) is 9.47 Å². The maximum absolute atomic E-state index is 12.9. The second-order valence-corrected chi connectivity index (χ2v) is 7.93. The molecule has 0 radical (unpaired) electrons. The fourth-order valence-electron chi connectivity index (χ4n) is 3.62. The largest absolute Gasteiger partial charge is 0.477 e. The molecule has 0 saturated heterocycles. The second kappa shape index (κ2) is 6.89. The van der Waals surface area contributed by atoms with Crippen molar-refractivity contribution in [1.29, 1.82) is 0 Å². The molecule has 0 saturated carbocycles. The summed E-state index contributed by atoms with van der Waals surface area (Å²) in [6.45, 7) is 4.05. The first kappa shape index (κ1) is 17.2. The number of nitrogens with zero attached hydrogens (tertiary/aromatic N) is 2. The van der Waals surface area contributed by atoms with Crippen LogP contribution < -0.4 is 9.47 Å². The van der Waals surface area contributed by atoms with E-state index in [2.05, 4.69) is 27.4 Å². The maximum atomic E-state index is 12.9. The SMILES string of the molecule is Cc1c2c(cc3c1O/C(=C\c1ccccn1)C3=O)CN(Cc1cccs1)CO2. The minimum atomic E-state index is -0.109. The third kappa shape index (κ3) is 3.00. The van der Waals surface area contributed by atoms with E-state index >= 15 is 0 Å². The number of carbonyl (C=O) groups is 1. The Balaban J connectivity index is 1.45. The molecule has 2 aliphatic heterocycles. The topological polar surface area (TPSA) is 51.7 Å². The summed E-state index contributed by atoms with van der Waals surface area (Å²) < 4.78 is 11.9. The average Bonchev–Trinajstić information content (AvgIpc) is 3.32. The summed E-state index contributed by atoms with van der Waals surface area (Å²) >= 11 is 1.74. The van der Waals surface area contributed by atoms with Gasteiger partial charge in [-0.3, -0.25) is 14.7 Å². The number of hydrogen-bond acceptors (Lipinski definition) is 6. The lowest BCUT2D eigenvalue weighted by molar-refractivity contribution is 0.0886. The molecule has 2 aliphatic rings. The van der Waals surface area contributed by atoms with E-state index in [9.17, 15) is 4.79 Å². The van der Waals surface area contributed by atoms with Crippen LogP contribution in [0.4, 0.5) is 0 Å². The van der Waals surface area contributed by atoms with Crippen molar-refractivity contribution in [1.82, 2.24) is 9.88 Å². The van der Waals surface area contributed by atoms with E-state index < -0.39 is 0 Å². The molecule has 4 heterocycles. The molecule has 0 unspecified atom stereocenters. The summed E-state index contributed by atoms with van der Waals surface area (Å²) in [5.41, 5.74) is 3.19. The molecular formula is C22H18N2O3S. The summed E-state index contributed by atoms with van der Waals surface area (Å²) in [5, 5.41) is 2.08. The van der Waals surface area contributed by atoms with E-state index in [1.165, 1.54) is 4.88 Å². The molecule has 6 heteroatoms. The summed E-state index contributed by atoms with van der Waals surface area (Å²) in [7, 11) is 0. The quantitative estimate of drug-likeness (QED) is 0.620. The number of benzene rings is 1. The van der Waals surface area contributed by atoms with Gasteiger partial charge in [0.15, 0.2) is 5.76 Å². The third-order valence-electron chi connectivity index (χ3n) is 4.93. The van der Waals surface area contributed by atoms with Crippen molar-refractivity contribution in [3.05, 3.63) is 81.0 Å². The van der Waals surface area contributed by atoms with Gasteiger partial charge in [-0.05, 0) is 36.6 Å². The molecule has 0 N–H and O–H groups in total. The highest BCUT2D eigenvalue weighted by molar-refractivity contribution is 7.09. The molecule has 5 rings (SSSR count). The standard InChI is InChI=1S/C22H18N2O3S/c1-14-21-15(11-24(13-26-21)12-17-6-4-8-28-17)9-18-20(25)19(27-22(14)18)10-16-5-2-3-7-23-16/h2-10H,11-13H2,1H3/b19-10-. The monoisotopic (exact) mass is 390 g/mol. The van der Waals surface area contributed by atoms with Crippen LogP contribution in [-0.2, 0) is 13.1 Å². The van der Waals surface area contributed by atoms with Crippen LogP contribution in [0.25, 0.3) is 6.08 Å². The number of ketones is 1. The number of aromatic nitrogens is 1. The molecule has 0 amide bonds. The molecule has 2 aromatic heterocycles. The van der Waals surface area contributed by atoms with Crippen LogP contribution in [0.1, 0.15) is 32.1 Å². The third-order valence-corrected chi connectivity index (χ3v) is 5.79. The van der Waals surface area contributed by atoms with Crippen molar-refractivity contribution in [3.63, 3.8) is 0 Å². The number of Topliss-reactive ketones (excluding diaryl/α,β-unsaturated/α-hetero) is 1. The number of rotatable bonds is 3. The van der Waals surface area contributed by atoms with Crippen molar-refractivity contribution in [2.24, 2.45) is 0 Å². The summed E-state index contributed by atoms with van der Waals surface area (Å²) in [6.07, 6.45) is 3.38. The Morgan fingerprint density at radius 3 is 2.96 bits per heavy atom. The van der Waals surface area contributed by atoms with Crippen LogP contribution in [0, 0.1) is 6.92 Å². The number of allylic oxidation sites excluding steroid dienone is 1. The Morgan fingerprint density at radius 1 is 1.25 bits per heavy atom. The van der Waals surface area contributed by atoms with E-state index in [-0.39, 0.29) is 5.78 Å². The molecular weight excluding hydrogens is 372 g/mol. The van der Waals surface area contributed by atoms with Gasteiger partial charge in [-0.1, -0.05) is 12.1 Å². The number of fused-ring (bicyclic) bond motifs is 2. The highest BCUT2D eigenvalue weighted by Crippen LogP contribution is 2.43. The van der Waals surface area contributed by atoms with Gasteiger partial charge in [-0.2, -0.15) is 0 Å². The lowest BCUT2D eigenvalue weighted by Crippen LogP contribution is -2.31. The van der Waals surface area contributed by atoms with Gasteiger partial charge in [0.25, 0.3) is 0 Å². The Bertz CT molecular complexity index is 1070. The van der Waals surface area contributed by atoms with Crippen LogP contribution >= 0.6 is 11.3 Å². The van der Waals surface area contributed by atoms with E-state index in [0.29, 0.717) is 29.5 Å². The molecule has 28 heavy (non-hydrogen) atoms. The van der Waals surface area contributed by atoms with Crippen LogP contribution in [0.5, 0.6) is 11.5 Å². The molecule has 0 atom stereocenters. The molecule has 0 spiro atoms. The Morgan fingerprint density at radius 2 is 2.18 bits per heavy atom. The summed E-state index contributed by atoms with van der Waals surface area (Å²) in [4.78, 5) is 20.7. The molecule has 1 aromatic carbocycles. The fraction of sp³-hybridized carbons (Fsp3) is 0.182. The van der Waals surface area contributed by atoms with Gasteiger partial charge < -0.3 is 9.47 Å². The number of pyridine rings is 1. The van der Waals surface area contributed by atoms with Crippen molar-refractivity contribution < 1.29 is 14.3 Å². The zero-order valence-corrected chi connectivity index (χ0v) is 16.2. The first-order valence-electron chi connectivity index (χ1n) is 9.08. The highest BCUT2D eigenvalue weighted by atomic mass is 32.1. The van der Waals surface area contributed by atoms with Gasteiger partial charge >= 0.3 is 0 Å². The second-order valence-electron chi connectivity index (χ2n) is 6.90. The Kier molecular flexibility index (Phi) is 4.22. The molecule has 0 aliphatic carbocycles. The van der Waals surface area contributed by atoms with Crippen LogP contribution in [0.2, 0.25) is 0 Å². The first-order valence-corrected chi connectivity index (χ1v) is 9.96. The lowest BCUT2D eigenvalue weighted by Gasteiger charge is -2.30. The minimum absolute atomic E-state index is 0.109. The van der Waals surface area contributed by atoms with Crippen molar-refractivity contribution in [2.75, 3.05) is 6.73 Å². The predicted octanol–water partition coefficient (Wildman–Crippen LogP) is 4.42. The summed E-state index contributed by atoms with van der Waals surface area (Å²) in [6, 6.07) is 11.7. The van der Waals surface area contributed by atoms with E-state index in [1.807, 2.05) is 31.2 Å². The van der Waals surface area contributed by atoms with Crippen LogP contribution in [-0.4, -0.2) is 22.4 Å². The van der Waals surface area contributed by atoms with Crippen molar-refractivity contribution in [3.8, 4) is 11.5 Å². The van der Waals surface area contributed by atoms with Crippen molar-refractivity contribution in [2.45, 2.75) is 20.0 Å². The maximum Gasteiger partial charge on any atom is 0.232 e. The molecule has 3 aromatic rings. The van der Waals surface area contributed by atoms with Crippen LogP contribution in [0.3, 0.4) is 0 Å². The van der Waals surface area contributed by atoms with Gasteiger partial charge in [-0.15, -0.1) is 11.3 Å². The number of hydrogen-bond donors (Lipinski definition) is 0. The fourth-order valence-corrected chi connectivity index (χ4v) is 4.36. The van der Waals surface area contributed by atoms with Crippen LogP contribution in [0.15, 0.2) is 53.7 Å². The van der Waals surface area contributed by atoms with Gasteiger partial charge in [0, 0.05) is 41.4 Å². The van der Waals surface area contributed by atoms with Gasteiger partial charge in [0.05, 0.1) is 11.3 Å². The van der Waals surface area contributed by atoms with Gasteiger partial charge in [0.2, 0.25) is 5.78 Å². The molecule has 0 bridgehead atoms. The Hall–Kier alpha value is -2.96. The molecule has 0 fully saturated rings. The van der Waals surface area contributed by atoms with E-state index in [0.717, 1.165) is 30.0 Å². The smallest absolute Gasteiger partial charge is 0.232 e. The van der Waals surface area contributed by atoms with Gasteiger partial charge in [-0.25, -0.2) is 0 Å². The zero-order chi connectivity index (χ0) is 19.1. The predicted molar refractivity (Wildman–Crippen MR) is 107 cm³/mol.